The summed E-state index contributed by atoms with van der Waals surface area (Å²) < 4.78 is 14.1. The van der Waals surface area contributed by atoms with Gasteiger partial charge < -0.3 is 20.1 Å². The van der Waals surface area contributed by atoms with Crippen LogP contribution < -0.4 is 20.1 Å². The Morgan fingerprint density at radius 3 is 2.53 bits per heavy atom. The Morgan fingerprint density at radius 2 is 1.79 bits per heavy atom. The van der Waals surface area contributed by atoms with Gasteiger partial charge in [-0.1, -0.05) is 73.1 Å². The first kappa shape index (κ1) is 30.2. The van der Waals surface area contributed by atoms with Crippen molar-refractivity contribution in [3.63, 3.8) is 0 Å². The fourth-order valence-electron chi connectivity index (χ4n) is 4.95. The lowest BCUT2D eigenvalue weighted by Crippen LogP contribution is -2.31. The molecule has 0 aliphatic carbocycles. The first-order valence-electron chi connectivity index (χ1n) is 14.8. The van der Waals surface area contributed by atoms with E-state index >= 15 is 0 Å². The maximum Gasteiger partial charge on any atom is 0.255 e. The Kier molecular flexibility index (Phi) is 9.72. The number of hydrogen-bond donors (Lipinski definition) is 2. The van der Waals surface area contributed by atoms with Gasteiger partial charge in [-0.05, 0) is 75.1 Å². The number of unbranched alkanes of at least 4 members (excludes halogenated alkanes) is 1. The minimum Gasteiger partial charge on any atom is -0.490 e. The minimum absolute atomic E-state index is 0.209. The highest BCUT2D eigenvalue weighted by Gasteiger charge is 2.35. The van der Waals surface area contributed by atoms with E-state index in [0.717, 1.165) is 46.7 Å². The molecule has 0 bridgehead atoms. The molecule has 224 valence electrons. The van der Waals surface area contributed by atoms with Crippen LogP contribution in [0, 0.1) is 13.8 Å². The van der Waals surface area contributed by atoms with E-state index in [-0.39, 0.29) is 5.91 Å². The zero-order chi connectivity index (χ0) is 30.3. The highest BCUT2D eigenvalue weighted by molar-refractivity contribution is 7.99. The quantitative estimate of drug-likeness (QED) is 0.128. The predicted octanol–water partition coefficient (Wildman–Crippen LogP) is 7.69. The van der Waals surface area contributed by atoms with Crippen LogP contribution in [0.2, 0.25) is 0 Å². The Morgan fingerprint density at radius 1 is 0.977 bits per heavy atom. The molecule has 1 amide bonds. The molecule has 1 atom stereocenters. The molecule has 0 radical (unpaired) electrons. The van der Waals surface area contributed by atoms with Gasteiger partial charge in [-0.2, -0.15) is 4.98 Å². The molecule has 0 saturated carbocycles. The van der Waals surface area contributed by atoms with Crippen LogP contribution in [0.1, 0.15) is 61.9 Å². The van der Waals surface area contributed by atoms with Gasteiger partial charge in [0.2, 0.25) is 11.1 Å². The highest BCUT2D eigenvalue weighted by Crippen LogP contribution is 2.40. The number of nitrogens with one attached hydrogen (secondary N) is 2. The van der Waals surface area contributed by atoms with Gasteiger partial charge in [0.1, 0.15) is 12.6 Å². The summed E-state index contributed by atoms with van der Waals surface area (Å²) in [5.74, 6) is 2.58. The molecule has 2 N–H and O–H groups in total. The first-order chi connectivity index (χ1) is 20.9. The van der Waals surface area contributed by atoms with Crippen molar-refractivity contribution in [1.82, 2.24) is 14.8 Å². The van der Waals surface area contributed by atoms with Crippen molar-refractivity contribution in [1.29, 1.82) is 0 Å². The number of rotatable bonds is 12. The molecule has 0 spiro atoms. The average Bonchev–Trinajstić information content (AvgIpc) is 3.39. The van der Waals surface area contributed by atoms with E-state index in [1.165, 1.54) is 5.56 Å². The first-order valence-corrected chi connectivity index (χ1v) is 15.7. The molecule has 8 nitrogen and oxygen atoms in total. The second-order valence-electron chi connectivity index (χ2n) is 10.7. The number of hydrogen-bond acceptors (Lipinski definition) is 7. The van der Waals surface area contributed by atoms with Gasteiger partial charge in [0.05, 0.1) is 12.2 Å². The van der Waals surface area contributed by atoms with Crippen molar-refractivity contribution in [2.75, 3.05) is 23.0 Å². The molecule has 0 fully saturated rings. The molecule has 5 rings (SSSR count). The number of anilines is 2. The summed E-state index contributed by atoms with van der Waals surface area (Å²) in [6.07, 6.45) is 2.18. The molecule has 1 aliphatic heterocycles. The molecular formula is C34H39N5O3S. The van der Waals surface area contributed by atoms with Crippen molar-refractivity contribution >= 4 is 29.3 Å². The summed E-state index contributed by atoms with van der Waals surface area (Å²) >= 11 is 1.62. The van der Waals surface area contributed by atoms with Crippen LogP contribution in [0.4, 0.5) is 11.6 Å². The third kappa shape index (κ3) is 7.22. The van der Waals surface area contributed by atoms with Crippen molar-refractivity contribution < 1.29 is 14.3 Å². The molecule has 4 aromatic rings. The number of thioether (sulfide) groups is 1. The fourth-order valence-corrected chi connectivity index (χ4v) is 5.86. The topological polar surface area (TPSA) is 90.3 Å². The van der Waals surface area contributed by atoms with Gasteiger partial charge in [0.25, 0.3) is 5.91 Å². The number of ether oxygens (including phenoxy) is 2. The zero-order valence-electron chi connectivity index (χ0n) is 25.4. The van der Waals surface area contributed by atoms with Gasteiger partial charge in [-0.15, -0.1) is 5.10 Å². The molecule has 1 aliphatic rings. The van der Waals surface area contributed by atoms with Gasteiger partial charge in [0, 0.05) is 17.1 Å². The normalized spacial score (nSPS) is 14.2. The van der Waals surface area contributed by atoms with E-state index in [1.807, 2.05) is 67.9 Å². The summed E-state index contributed by atoms with van der Waals surface area (Å²) in [5.41, 5.74) is 6.20. The van der Waals surface area contributed by atoms with Crippen LogP contribution in [-0.2, 0) is 11.4 Å². The lowest BCUT2D eigenvalue weighted by atomic mass is 9.94. The minimum atomic E-state index is -0.528. The Hall–Kier alpha value is -4.24. The molecule has 1 unspecified atom stereocenters. The smallest absolute Gasteiger partial charge is 0.255 e. The third-order valence-corrected chi connectivity index (χ3v) is 8.10. The summed E-state index contributed by atoms with van der Waals surface area (Å²) in [4.78, 5) is 18.7. The van der Waals surface area contributed by atoms with Crippen LogP contribution >= 0.6 is 11.8 Å². The number of nitrogens with zero attached hydrogens (tertiary/aromatic N) is 3. The number of allylic oxidation sites excluding steroid dienone is 1. The molecular weight excluding hydrogens is 558 g/mol. The highest BCUT2D eigenvalue weighted by atomic mass is 32.2. The molecule has 9 heteroatoms. The number of aromatic nitrogens is 3. The Balaban J connectivity index is 1.51. The standard InChI is InChI=1S/C34H39N5O3S/c1-6-8-18-43-34-37-33-35-24(5)30(32(40)36-27-11-9-10-23(4)19-27)31(39(33)38-34)26-16-17-28(29(20-26)41-7-2)42-21-25-14-12-22(3)13-15-25/h9-17,19-20,31H,6-8,18,21H2,1-5H3,(H,36,40)(H,35,37,38). The van der Waals surface area contributed by atoms with Gasteiger partial charge >= 0.3 is 0 Å². The van der Waals surface area contributed by atoms with E-state index in [9.17, 15) is 4.79 Å². The lowest BCUT2D eigenvalue weighted by molar-refractivity contribution is -0.113. The second kappa shape index (κ2) is 13.8. The predicted molar refractivity (Wildman–Crippen MR) is 173 cm³/mol. The van der Waals surface area contributed by atoms with E-state index in [4.69, 9.17) is 19.6 Å². The SMILES string of the molecule is CCCCSc1nc2n(n1)C(c1ccc(OCc3ccc(C)cc3)c(OCC)c1)C(C(=O)Nc1cccc(C)c1)=C(C)N2. The van der Waals surface area contributed by atoms with Crippen LogP contribution in [0.3, 0.4) is 0 Å². The number of carbonyl (C=O) groups is 1. The van der Waals surface area contributed by atoms with E-state index < -0.39 is 6.04 Å². The summed E-state index contributed by atoms with van der Waals surface area (Å²) in [7, 11) is 0. The molecule has 1 aromatic heterocycles. The van der Waals surface area contributed by atoms with Crippen LogP contribution in [0.25, 0.3) is 0 Å². The molecule has 0 saturated heterocycles. The van der Waals surface area contributed by atoms with Crippen molar-refractivity contribution in [2.24, 2.45) is 0 Å². The average molecular weight is 598 g/mol. The van der Waals surface area contributed by atoms with E-state index in [2.05, 4.69) is 48.7 Å². The molecule has 2 heterocycles. The summed E-state index contributed by atoms with van der Waals surface area (Å²) in [6.45, 7) is 11.0. The monoisotopic (exact) mass is 597 g/mol. The van der Waals surface area contributed by atoms with E-state index in [0.29, 0.717) is 41.4 Å². The third-order valence-electron chi connectivity index (χ3n) is 7.18. The number of benzene rings is 3. The van der Waals surface area contributed by atoms with Crippen molar-refractivity contribution in [2.45, 2.75) is 65.3 Å². The lowest BCUT2D eigenvalue weighted by Gasteiger charge is -2.29. The number of fused-ring (bicyclic) bond motifs is 1. The van der Waals surface area contributed by atoms with Crippen LogP contribution in [-0.4, -0.2) is 33.0 Å². The van der Waals surface area contributed by atoms with Gasteiger partial charge in [-0.25, -0.2) is 4.68 Å². The second-order valence-corrected chi connectivity index (χ2v) is 11.7. The van der Waals surface area contributed by atoms with E-state index in [1.54, 1.807) is 11.8 Å². The zero-order valence-corrected chi connectivity index (χ0v) is 26.3. The number of aryl methyl sites for hydroxylation is 2. The number of amides is 1. The summed E-state index contributed by atoms with van der Waals surface area (Å²) in [5, 5.41) is 12.0. The summed E-state index contributed by atoms with van der Waals surface area (Å²) in [6, 6.07) is 21.4. The van der Waals surface area contributed by atoms with Crippen LogP contribution in [0.15, 0.2) is 83.2 Å². The van der Waals surface area contributed by atoms with Gasteiger partial charge in [0.15, 0.2) is 11.5 Å². The maximum atomic E-state index is 13.9. The van der Waals surface area contributed by atoms with Crippen molar-refractivity contribution in [3.8, 4) is 11.5 Å². The van der Waals surface area contributed by atoms with Gasteiger partial charge in [-0.3, -0.25) is 4.79 Å². The Bertz CT molecular complexity index is 1610. The molecule has 43 heavy (non-hydrogen) atoms. The Labute approximate surface area is 257 Å². The van der Waals surface area contributed by atoms with Crippen LogP contribution in [0.5, 0.6) is 11.5 Å². The maximum absolute atomic E-state index is 13.9. The fraction of sp³-hybridized carbons (Fsp3) is 0.324. The van der Waals surface area contributed by atoms with Crippen molar-refractivity contribution in [3.05, 3.63) is 100 Å². The number of carbonyl (C=O) groups excluding carboxylic acids is 1. The largest absolute Gasteiger partial charge is 0.490 e. The molecule has 3 aromatic carbocycles.